The van der Waals surface area contributed by atoms with Gasteiger partial charge in [-0.2, -0.15) is 0 Å². The van der Waals surface area contributed by atoms with Crippen molar-refractivity contribution >= 4 is 5.95 Å². The van der Waals surface area contributed by atoms with E-state index in [0.29, 0.717) is 11.3 Å². The summed E-state index contributed by atoms with van der Waals surface area (Å²) in [6.45, 7) is 11.4. The number of nitrogens with one attached hydrogen (secondary N) is 1. The minimum atomic E-state index is 0.448. The quantitative estimate of drug-likeness (QED) is 0.871. The maximum atomic E-state index is 4.62. The van der Waals surface area contributed by atoms with Gasteiger partial charge in [0.15, 0.2) is 0 Å². The fourth-order valence-electron chi connectivity index (χ4n) is 3.09. The molecule has 2 heterocycles. The normalized spacial score (nSPS) is 22.0. The summed E-state index contributed by atoms with van der Waals surface area (Å²) in [5, 5.41) is 3.48. The first-order chi connectivity index (χ1) is 10.6. The lowest BCUT2D eigenvalue weighted by Gasteiger charge is -2.34. The van der Waals surface area contributed by atoms with E-state index in [1.165, 1.54) is 45.6 Å². The van der Waals surface area contributed by atoms with Crippen LogP contribution in [0.25, 0.3) is 0 Å². The second-order valence-electron chi connectivity index (χ2n) is 7.39. The summed E-state index contributed by atoms with van der Waals surface area (Å²) < 4.78 is 0. The largest absolute Gasteiger partial charge is 0.354 e. The van der Waals surface area contributed by atoms with Gasteiger partial charge in [-0.25, -0.2) is 9.97 Å². The Labute approximate surface area is 134 Å². The fraction of sp³-hybridized carbons (Fsp3) is 0.765. The number of rotatable bonds is 6. The summed E-state index contributed by atoms with van der Waals surface area (Å²) in [4.78, 5) is 14.0. The molecule has 1 aromatic heterocycles. The molecule has 0 unspecified atom stereocenters. The van der Waals surface area contributed by atoms with Gasteiger partial charge < -0.3 is 15.1 Å². The van der Waals surface area contributed by atoms with Crippen molar-refractivity contribution in [1.82, 2.24) is 19.8 Å². The summed E-state index contributed by atoms with van der Waals surface area (Å²) in [5.41, 5.74) is 1.56. The Morgan fingerprint density at radius 3 is 2.59 bits per heavy atom. The van der Waals surface area contributed by atoms with E-state index in [1.807, 2.05) is 12.3 Å². The first kappa shape index (κ1) is 15.7. The second kappa shape index (κ2) is 6.50. The molecule has 0 amide bonds. The van der Waals surface area contributed by atoms with E-state index in [0.717, 1.165) is 18.2 Å². The first-order valence-electron chi connectivity index (χ1n) is 8.54. The van der Waals surface area contributed by atoms with E-state index in [9.17, 15) is 0 Å². The lowest BCUT2D eigenvalue weighted by atomic mass is 10.1. The van der Waals surface area contributed by atoms with Crippen LogP contribution in [-0.4, -0.2) is 66.1 Å². The van der Waals surface area contributed by atoms with Crippen LogP contribution >= 0.6 is 0 Å². The van der Waals surface area contributed by atoms with Gasteiger partial charge in [-0.3, -0.25) is 0 Å². The topological polar surface area (TPSA) is 44.3 Å². The van der Waals surface area contributed by atoms with Gasteiger partial charge in [0, 0.05) is 56.6 Å². The van der Waals surface area contributed by atoms with Crippen molar-refractivity contribution < 1.29 is 0 Å². The van der Waals surface area contributed by atoms with Crippen molar-refractivity contribution in [3.8, 4) is 0 Å². The van der Waals surface area contributed by atoms with Crippen LogP contribution < -0.4 is 5.32 Å². The number of hydrogen-bond acceptors (Lipinski definition) is 5. The van der Waals surface area contributed by atoms with E-state index >= 15 is 0 Å². The predicted octanol–water partition coefficient (Wildman–Crippen LogP) is 2.04. The van der Waals surface area contributed by atoms with E-state index in [1.54, 1.807) is 0 Å². The molecule has 1 aliphatic heterocycles. The van der Waals surface area contributed by atoms with Gasteiger partial charge in [-0.05, 0) is 31.9 Å². The molecular weight excluding hydrogens is 274 g/mol. The van der Waals surface area contributed by atoms with Crippen molar-refractivity contribution in [1.29, 1.82) is 0 Å². The Bertz CT molecular complexity index is 490. The van der Waals surface area contributed by atoms with Crippen LogP contribution in [0.5, 0.6) is 0 Å². The third-order valence-corrected chi connectivity index (χ3v) is 5.00. The van der Waals surface area contributed by atoms with E-state index in [4.69, 9.17) is 0 Å². The number of nitrogens with zero attached hydrogens (tertiary/aromatic N) is 4. The number of aromatic nitrogens is 2. The minimum Gasteiger partial charge on any atom is -0.354 e. The molecule has 0 radical (unpaired) electrons. The molecule has 0 aromatic carbocycles. The summed E-state index contributed by atoms with van der Waals surface area (Å²) in [6.07, 6.45) is 4.52. The average Bonchev–Trinajstić information content (AvgIpc) is 3.28. The lowest BCUT2D eigenvalue weighted by molar-refractivity contribution is 0.133. The molecular formula is C17H29N5. The van der Waals surface area contributed by atoms with Crippen LogP contribution in [0.3, 0.4) is 0 Å². The van der Waals surface area contributed by atoms with Crippen molar-refractivity contribution in [2.24, 2.45) is 5.41 Å². The Morgan fingerprint density at radius 1 is 1.23 bits per heavy atom. The van der Waals surface area contributed by atoms with Crippen LogP contribution in [0.4, 0.5) is 5.95 Å². The van der Waals surface area contributed by atoms with Gasteiger partial charge in [-0.1, -0.05) is 13.8 Å². The zero-order chi connectivity index (χ0) is 15.6. The summed E-state index contributed by atoms with van der Waals surface area (Å²) in [7, 11) is 2.21. The first-order valence-corrected chi connectivity index (χ1v) is 8.54. The number of likely N-dealkylation sites (N-methyl/N-ethyl adjacent to an activating group) is 1. The highest BCUT2D eigenvalue weighted by Crippen LogP contribution is 2.46. The van der Waals surface area contributed by atoms with Crippen LogP contribution in [0.2, 0.25) is 0 Å². The van der Waals surface area contributed by atoms with Crippen LogP contribution in [0.1, 0.15) is 38.3 Å². The summed E-state index contributed by atoms with van der Waals surface area (Å²) in [5.74, 6) is 1.24. The monoisotopic (exact) mass is 303 g/mol. The third-order valence-electron chi connectivity index (χ3n) is 5.00. The number of anilines is 1. The SMILES string of the molecule is CC(C)c1ccnc(NCC2(CN3CCN(C)CC3)CC2)n1. The molecule has 5 nitrogen and oxygen atoms in total. The van der Waals surface area contributed by atoms with Crippen LogP contribution in [0, 0.1) is 5.41 Å². The average molecular weight is 303 g/mol. The highest BCUT2D eigenvalue weighted by atomic mass is 15.3. The molecule has 0 bridgehead atoms. The van der Waals surface area contributed by atoms with Crippen molar-refractivity contribution in [2.75, 3.05) is 51.6 Å². The zero-order valence-electron chi connectivity index (χ0n) is 14.2. The van der Waals surface area contributed by atoms with Gasteiger partial charge in [0.05, 0.1) is 0 Å². The smallest absolute Gasteiger partial charge is 0.222 e. The zero-order valence-corrected chi connectivity index (χ0v) is 14.2. The summed E-state index contributed by atoms with van der Waals surface area (Å²) in [6, 6.07) is 2.01. The highest BCUT2D eigenvalue weighted by Gasteiger charge is 2.44. The number of piperazine rings is 1. The Morgan fingerprint density at radius 2 is 1.95 bits per heavy atom. The van der Waals surface area contributed by atoms with Gasteiger partial charge in [0.2, 0.25) is 5.95 Å². The van der Waals surface area contributed by atoms with Gasteiger partial charge >= 0.3 is 0 Å². The van der Waals surface area contributed by atoms with E-state index in [2.05, 4.69) is 46.0 Å². The van der Waals surface area contributed by atoms with Crippen molar-refractivity contribution in [2.45, 2.75) is 32.6 Å². The molecule has 1 aliphatic carbocycles. The molecule has 0 spiro atoms. The lowest BCUT2D eigenvalue weighted by Crippen LogP contribution is -2.47. The van der Waals surface area contributed by atoms with Crippen LogP contribution in [-0.2, 0) is 0 Å². The highest BCUT2D eigenvalue weighted by molar-refractivity contribution is 5.27. The van der Waals surface area contributed by atoms with E-state index < -0.39 is 0 Å². The number of hydrogen-bond donors (Lipinski definition) is 1. The summed E-state index contributed by atoms with van der Waals surface area (Å²) >= 11 is 0. The fourth-order valence-corrected chi connectivity index (χ4v) is 3.09. The molecule has 22 heavy (non-hydrogen) atoms. The molecule has 5 heteroatoms. The van der Waals surface area contributed by atoms with Gasteiger partial charge in [0.1, 0.15) is 0 Å². The molecule has 0 atom stereocenters. The molecule has 1 aromatic rings. The van der Waals surface area contributed by atoms with Crippen LogP contribution in [0.15, 0.2) is 12.3 Å². The molecule has 1 N–H and O–H groups in total. The molecule has 1 saturated heterocycles. The van der Waals surface area contributed by atoms with Crippen molar-refractivity contribution in [3.63, 3.8) is 0 Å². The second-order valence-corrected chi connectivity index (χ2v) is 7.39. The molecule has 2 fully saturated rings. The third kappa shape index (κ3) is 3.96. The molecule has 3 rings (SSSR count). The molecule has 2 aliphatic rings. The maximum absolute atomic E-state index is 4.62. The molecule has 1 saturated carbocycles. The Kier molecular flexibility index (Phi) is 4.64. The maximum Gasteiger partial charge on any atom is 0.222 e. The predicted molar refractivity (Wildman–Crippen MR) is 90.2 cm³/mol. The standard InChI is InChI=1S/C17H29N5/c1-14(2)15-4-7-18-16(20-15)19-12-17(5-6-17)13-22-10-8-21(3)9-11-22/h4,7,14H,5-6,8-13H2,1-3H3,(H,18,19,20). The van der Waals surface area contributed by atoms with E-state index in [-0.39, 0.29) is 0 Å². The van der Waals surface area contributed by atoms with Crippen molar-refractivity contribution in [3.05, 3.63) is 18.0 Å². The molecule has 122 valence electrons. The Hall–Kier alpha value is -1.20. The Balaban J connectivity index is 1.51. The van der Waals surface area contributed by atoms with Gasteiger partial charge in [0.25, 0.3) is 0 Å². The van der Waals surface area contributed by atoms with Gasteiger partial charge in [-0.15, -0.1) is 0 Å². The minimum absolute atomic E-state index is 0.448.